The standard InChI is InChI=1S/C20H19NO4/c1-24-19(22)15-16(20(23)25-2)18(14-11-7-4-8-12-14)21-17(15)13-9-5-3-6-10-13/h3-12,15-17H,1-2H3/t15-,16+,17+/m0/s1. The maximum absolute atomic E-state index is 12.5. The highest BCUT2D eigenvalue weighted by atomic mass is 16.5. The van der Waals surface area contributed by atoms with Gasteiger partial charge in [0.25, 0.3) is 0 Å². The topological polar surface area (TPSA) is 65.0 Å². The first kappa shape index (κ1) is 16.9. The summed E-state index contributed by atoms with van der Waals surface area (Å²) in [4.78, 5) is 29.7. The van der Waals surface area contributed by atoms with Crippen molar-refractivity contribution in [2.24, 2.45) is 16.8 Å². The molecule has 0 fully saturated rings. The van der Waals surface area contributed by atoms with Gasteiger partial charge in [0.15, 0.2) is 0 Å². The van der Waals surface area contributed by atoms with Gasteiger partial charge in [0, 0.05) is 0 Å². The third-order valence-electron chi connectivity index (χ3n) is 4.41. The minimum atomic E-state index is -0.801. The van der Waals surface area contributed by atoms with Crippen molar-refractivity contribution in [1.82, 2.24) is 0 Å². The van der Waals surface area contributed by atoms with Crippen molar-refractivity contribution in [2.75, 3.05) is 14.2 Å². The first-order chi connectivity index (χ1) is 12.2. The van der Waals surface area contributed by atoms with E-state index in [1.165, 1.54) is 14.2 Å². The van der Waals surface area contributed by atoms with Crippen molar-refractivity contribution in [3.05, 3.63) is 71.8 Å². The molecule has 0 unspecified atom stereocenters. The second-order valence-corrected chi connectivity index (χ2v) is 5.79. The number of rotatable bonds is 4. The van der Waals surface area contributed by atoms with Gasteiger partial charge in [-0.2, -0.15) is 0 Å². The van der Waals surface area contributed by atoms with Crippen LogP contribution in [0, 0.1) is 11.8 Å². The molecule has 2 aromatic carbocycles. The highest BCUT2D eigenvalue weighted by Crippen LogP contribution is 2.41. The first-order valence-corrected chi connectivity index (χ1v) is 8.01. The second-order valence-electron chi connectivity index (χ2n) is 5.79. The highest BCUT2D eigenvalue weighted by molar-refractivity contribution is 6.15. The van der Waals surface area contributed by atoms with Gasteiger partial charge >= 0.3 is 11.9 Å². The monoisotopic (exact) mass is 337 g/mol. The summed E-state index contributed by atoms with van der Waals surface area (Å²) in [6, 6.07) is 18.3. The molecule has 0 saturated heterocycles. The fourth-order valence-electron chi connectivity index (χ4n) is 3.24. The average molecular weight is 337 g/mol. The van der Waals surface area contributed by atoms with Gasteiger partial charge in [-0.05, 0) is 11.1 Å². The second kappa shape index (κ2) is 7.30. The lowest BCUT2D eigenvalue weighted by Crippen LogP contribution is -2.35. The van der Waals surface area contributed by atoms with E-state index in [0.717, 1.165) is 11.1 Å². The summed E-state index contributed by atoms with van der Waals surface area (Å²) in [5, 5.41) is 0. The maximum atomic E-state index is 12.5. The van der Waals surface area contributed by atoms with Crippen molar-refractivity contribution >= 4 is 17.7 Å². The summed E-state index contributed by atoms with van der Waals surface area (Å²) < 4.78 is 9.94. The van der Waals surface area contributed by atoms with Gasteiger partial charge in [-0.25, -0.2) is 0 Å². The molecule has 0 spiro atoms. The van der Waals surface area contributed by atoms with Gasteiger partial charge in [-0.1, -0.05) is 60.7 Å². The van der Waals surface area contributed by atoms with Crippen LogP contribution in [-0.4, -0.2) is 31.9 Å². The van der Waals surface area contributed by atoms with Crippen molar-refractivity contribution in [3.63, 3.8) is 0 Å². The van der Waals surface area contributed by atoms with Gasteiger partial charge < -0.3 is 9.47 Å². The zero-order valence-corrected chi connectivity index (χ0v) is 14.1. The van der Waals surface area contributed by atoms with Crippen LogP contribution in [0.2, 0.25) is 0 Å². The van der Waals surface area contributed by atoms with Crippen LogP contribution in [0.3, 0.4) is 0 Å². The molecule has 0 aliphatic carbocycles. The van der Waals surface area contributed by atoms with Crippen molar-refractivity contribution in [2.45, 2.75) is 6.04 Å². The molecular formula is C20H19NO4. The van der Waals surface area contributed by atoms with E-state index in [-0.39, 0.29) is 0 Å². The molecular weight excluding hydrogens is 318 g/mol. The third-order valence-corrected chi connectivity index (χ3v) is 4.41. The van der Waals surface area contributed by atoms with E-state index in [2.05, 4.69) is 0 Å². The summed E-state index contributed by atoms with van der Waals surface area (Å²) in [6.45, 7) is 0. The van der Waals surface area contributed by atoms with E-state index >= 15 is 0 Å². The molecule has 0 amide bonds. The van der Waals surface area contributed by atoms with Crippen LogP contribution in [-0.2, 0) is 19.1 Å². The summed E-state index contributed by atoms with van der Waals surface area (Å²) in [7, 11) is 2.63. The Morgan fingerprint density at radius 1 is 0.840 bits per heavy atom. The number of esters is 2. The molecule has 128 valence electrons. The van der Waals surface area contributed by atoms with Gasteiger partial charge in [0.2, 0.25) is 0 Å². The molecule has 25 heavy (non-hydrogen) atoms. The van der Waals surface area contributed by atoms with Crippen LogP contribution in [0.4, 0.5) is 0 Å². The van der Waals surface area contributed by atoms with E-state index in [9.17, 15) is 9.59 Å². The SMILES string of the molecule is COC(=O)[C@H]1C(c2ccccc2)=N[C@H](c2ccccc2)[C@H]1C(=O)OC. The number of methoxy groups -OCH3 is 2. The summed E-state index contributed by atoms with van der Waals surface area (Å²) in [6.07, 6.45) is 0. The number of benzene rings is 2. The molecule has 0 bridgehead atoms. The molecule has 1 aliphatic heterocycles. The summed E-state index contributed by atoms with van der Waals surface area (Å²) in [5.41, 5.74) is 2.21. The normalized spacial score (nSPS) is 22.2. The van der Waals surface area contributed by atoms with E-state index in [0.29, 0.717) is 5.71 Å². The Kier molecular flexibility index (Phi) is 4.93. The molecule has 0 aromatic heterocycles. The lowest BCUT2D eigenvalue weighted by Gasteiger charge is -2.21. The quantitative estimate of drug-likeness (QED) is 0.805. The number of carbonyl (C=O) groups excluding carboxylic acids is 2. The van der Waals surface area contributed by atoms with E-state index < -0.39 is 29.8 Å². The van der Waals surface area contributed by atoms with Gasteiger partial charge in [-0.15, -0.1) is 0 Å². The summed E-state index contributed by atoms with van der Waals surface area (Å²) in [5.74, 6) is -2.52. The fourth-order valence-corrected chi connectivity index (χ4v) is 3.24. The molecule has 2 aromatic rings. The van der Waals surface area contributed by atoms with E-state index in [1.54, 1.807) is 0 Å². The number of nitrogens with zero attached hydrogens (tertiary/aromatic N) is 1. The van der Waals surface area contributed by atoms with E-state index in [1.807, 2.05) is 60.7 Å². The average Bonchev–Trinajstić information content (AvgIpc) is 3.08. The third kappa shape index (κ3) is 3.18. The molecule has 0 N–H and O–H groups in total. The predicted octanol–water partition coefficient (Wildman–Crippen LogP) is 2.81. The lowest BCUT2D eigenvalue weighted by molar-refractivity contribution is -0.154. The number of aliphatic imine (C=N–C) groups is 1. The van der Waals surface area contributed by atoms with Gasteiger partial charge in [-0.3, -0.25) is 14.6 Å². The zero-order chi connectivity index (χ0) is 17.8. The first-order valence-electron chi connectivity index (χ1n) is 8.01. The smallest absolute Gasteiger partial charge is 0.315 e. The Labute approximate surface area is 146 Å². The highest BCUT2D eigenvalue weighted by Gasteiger charge is 2.49. The minimum Gasteiger partial charge on any atom is -0.469 e. The van der Waals surface area contributed by atoms with Crippen molar-refractivity contribution in [1.29, 1.82) is 0 Å². The Bertz CT molecular complexity index is 786. The van der Waals surface area contributed by atoms with Crippen LogP contribution in [0.5, 0.6) is 0 Å². The molecule has 5 nitrogen and oxygen atoms in total. The number of ether oxygens (including phenoxy) is 2. The molecule has 3 rings (SSSR count). The van der Waals surface area contributed by atoms with E-state index in [4.69, 9.17) is 14.5 Å². The molecule has 0 saturated carbocycles. The molecule has 0 radical (unpaired) electrons. The maximum Gasteiger partial charge on any atom is 0.315 e. The van der Waals surface area contributed by atoms with Crippen LogP contribution < -0.4 is 0 Å². The zero-order valence-electron chi connectivity index (χ0n) is 14.1. The fraction of sp³-hybridized carbons (Fsp3) is 0.250. The largest absolute Gasteiger partial charge is 0.469 e. The molecule has 1 aliphatic rings. The van der Waals surface area contributed by atoms with Crippen LogP contribution >= 0.6 is 0 Å². The molecule has 5 heteroatoms. The van der Waals surface area contributed by atoms with Gasteiger partial charge in [0.05, 0.1) is 26.0 Å². The Balaban J connectivity index is 2.14. The summed E-state index contributed by atoms with van der Waals surface area (Å²) >= 11 is 0. The van der Waals surface area contributed by atoms with Crippen molar-refractivity contribution in [3.8, 4) is 0 Å². The lowest BCUT2D eigenvalue weighted by atomic mass is 9.82. The Morgan fingerprint density at radius 3 is 1.96 bits per heavy atom. The van der Waals surface area contributed by atoms with Crippen LogP contribution in [0.15, 0.2) is 65.7 Å². The minimum absolute atomic E-state index is 0.473. The number of carbonyl (C=O) groups is 2. The predicted molar refractivity (Wildman–Crippen MR) is 93.2 cm³/mol. The Hall–Kier alpha value is -2.95. The molecule has 3 atom stereocenters. The van der Waals surface area contributed by atoms with Crippen LogP contribution in [0.1, 0.15) is 17.2 Å². The number of hydrogen-bond donors (Lipinski definition) is 0. The Morgan fingerprint density at radius 2 is 1.40 bits per heavy atom. The van der Waals surface area contributed by atoms with Crippen molar-refractivity contribution < 1.29 is 19.1 Å². The van der Waals surface area contributed by atoms with Gasteiger partial charge in [0.1, 0.15) is 11.8 Å². The van der Waals surface area contributed by atoms with Crippen LogP contribution in [0.25, 0.3) is 0 Å². The number of hydrogen-bond acceptors (Lipinski definition) is 5. The molecule has 1 heterocycles.